The van der Waals surface area contributed by atoms with E-state index in [0.29, 0.717) is 12.2 Å². The van der Waals surface area contributed by atoms with Crippen LogP contribution in [0, 0.1) is 17.1 Å². The largest absolute Gasteiger partial charge is 0.374 e. The monoisotopic (exact) mass is 247 g/mol. The Labute approximate surface area is 105 Å². The summed E-state index contributed by atoms with van der Waals surface area (Å²) in [6.45, 7) is 5.56. The van der Waals surface area contributed by atoms with Gasteiger partial charge >= 0.3 is 0 Å². The zero-order chi connectivity index (χ0) is 13.5. The third-order valence-corrected chi connectivity index (χ3v) is 2.28. The number of carbonyl (C=O) groups excluding carboxylic acids is 1. The predicted molar refractivity (Wildman–Crippen MR) is 67.4 cm³/mol. The van der Waals surface area contributed by atoms with E-state index in [0.717, 1.165) is 0 Å². The number of nitriles is 1. The van der Waals surface area contributed by atoms with Crippen LogP contribution in [0.25, 0.3) is 0 Å². The molecule has 0 bridgehead atoms. The maximum Gasteiger partial charge on any atom is 0.242 e. The van der Waals surface area contributed by atoms with Gasteiger partial charge in [0.15, 0.2) is 0 Å². The van der Waals surface area contributed by atoms with Crippen LogP contribution in [0.15, 0.2) is 30.9 Å². The summed E-state index contributed by atoms with van der Waals surface area (Å²) in [5.41, 5.74) is 0.466. The Morgan fingerprint density at radius 2 is 2.39 bits per heavy atom. The molecule has 0 heterocycles. The van der Waals surface area contributed by atoms with Gasteiger partial charge in [-0.3, -0.25) is 4.79 Å². The molecule has 1 unspecified atom stereocenters. The van der Waals surface area contributed by atoms with E-state index in [9.17, 15) is 9.18 Å². The minimum atomic E-state index is -0.577. The highest BCUT2D eigenvalue weighted by Gasteiger charge is 2.12. The topological polar surface area (TPSA) is 64.9 Å². The molecule has 0 aliphatic carbocycles. The van der Waals surface area contributed by atoms with Crippen molar-refractivity contribution in [2.75, 3.05) is 11.9 Å². The zero-order valence-electron chi connectivity index (χ0n) is 10.0. The molecular weight excluding hydrogens is 233 g/mol. The Kier molecular flexibility index (Phi) is 4.88. The quantitative estimate of drug-likeness (QED) is 0.780. The van der Waals surface area contributed by atoms with Gasteiger partial charge in [-0.1, -0.05) is 6.08 Å². The molecule has 1 rings (SSSR count). The average molecular weight is 247 g/mol. The molecule has 0 aliphatic rings. The molecule has 0 saturated heterocycles. The Morgan fingerprint density at radius 3 is 3.00 bits per heavy atom. The Balaban J connectivity index is 2.70. The lowest BCUT2D eigenvalue weighted by atomic mass is 10.2. The van der Waals surface area contributed by atoms with Crippen molar-refractivity contribution in [1.82, 2.24) is 5.32 Å². The molecule has 2 N–H and O–H groups in total. The Morgan fingerprint density at radius 1 is 1.67 bits per heavy atom. The van der Waals surface area contributed by atoms with Crippen LogP contribution in [-0.4, -0.2) is 18.5 Å². The van der Waals surface area contributed by atoms with Gasteiger partial charge in [0.2, 0.25) is 5.91 Å². The molecule has 94 valence electrons. The van der Waals surface area contributed by atoms with Crippen molar-refractivity contribution in [1.29, 1.82) is 5.26 Å². The number of amides is 1. The fourth-order valence-corrected chi connectivity index (χ4v) is 1.34. The van der Waals surface area contributed by atoms with Crippen molar-refractivity contribution in [3.8, 4) is 6.07 Å². The molecule has 0 aliphatic heterocycles. The van der Waals surface area contributed by atoms with E-state index >= 15 is 0 Å². The number of rotatable bonds is 5. The summed E-state index contributed by atoms with van der Waals surface area (Å²) in [6.07, 6.45) is 1.58. The highest BCUT2D eigenvalue weighted by atomic mass is 19.1. The first-order valence-electron chi connectivity index (χ1n) is 5.43. The van der Waals surface area contributed by atoms with Crippen LogP contribution in [0.2, 0.25) is 0 Å². The second-order valence-corrected chi connectivity index (χ2v) is 3.71. The minimum Gasteiger partial charge on any atom is -0.374 e. The van der Waals surface area contributed by atoms with Crippen LogP contribution in [0.4, 0.5) is 10.1 Å². The summed E-state index contributed by atoms with van der Waals surface area (Å²) in [7, 11) is 0. The number of nitrogens with one attached hydrogen (secondary N) is 2. The highest BCUT2D eigenvalue weighted by molar-refractivity contribution is 5.84. The maximum absolute atomic E-state index is 13.1. The molecule has 4 nitrogen and oxygen atoms in total. The van der Waals surface area contributed by atoms with E-state index in [2.05, 4.69) is 17.2 Å². The smallest absolute Gasteiger partial charge is 0.242 e. The molecule has 1 aromatic carbocycles. The molecule has 0 aromatic heterocycles. The summed E-state index contributed by atoms with van der Waals surface area (Å²) < 4.78 is 13.1. The van der Waals surface area contributed by atoms with E-state index < -0.39 is 11.9 Å². The van der Waals surface area contributed by atoms with Gasteiger partial charge in [0.1, 0.15) is 17.9 Å². The summed E-state index contributed by atoms with van der Waals surface area (Å²) >= 11 is 0. The normalized spacial score (nSPS) is 11.2. The van der Waals surface area contributed by atoms with E-state index in [-0.39, 0.29) is 11.5 Å². The van der Waals surface area contributed by atoms with Gasteiger partial charge in [0, 0.05) is 12.2 Å². The first kappa shape index (κ1) is 13.7. The average Bonchev–Trinajstić information content (AvgIpc) is 2.37. The van der Waals surface area contributed by atoms with E-state index in [1.807, 2.05) is 0 Å². The standard InChI is InChI=1S/C13H14FN3O/c1-3-6-16-13(18)9(2)17-11-4-5-12(14)10(7-11)8-15/h3-5,7,9,17H,1,6H2,2H3,(H,16,18). The van der Waals surface area contributed by atoms with Gasteiger partial charge in [-0.05, 0) is 25.1 Å². The first-order chi connectivity index (χ1) is 8.58. The number of carbonyl (C=O) groups is 1. The molecule has 0 fully saturated rings. The highest BCUT2D eigenvalue weighted by Crippen LogP contribution is 2.14. The van der Waals surface area contributed by atoms with E-state index in [1.54, 1.807) is 19.1 Å². The van der Waals surface area contributed by atoms with Crippen LogP contribution in [0.5, 0.6) is 0 Å². The Hall–Kier alpha value is -2.35. The number of nitrogens with zero attached hydrogens (tertiary/aromatic N) is 1. The van der Waals surface area contributed by atoms with E-state index in [1.165, 1.54) is 18.2 Å². The van der Waals surface area contributed by atoms with Crippen molar-refractivity contribution in [2.24, 2.45) is 0 Å². The lowest BCUT2D eigenvalue weighted by Crippen LogP contribution is -2.37. The second-order valence-electron chi connectivity index (χ2n) is 3.71. The lowest BCUT2D eigenvalue weighted by molar-refractivity contribution is -0.121. The molecule has 18 heavy (non-hydrogen) atoms. The van der Waals surface area contributed by atoms with Gasteiger partial charge in [-0.25, -0.2) is 4.39 Å². The van der Waals surface area contributed by atoms with Gasteiger partial charge < -0.3 is 10.6 Å². The summed E-state index contributed by atoms with van der Waals surface area (Å²) in [5, 5.41) is 14.2. The molecule has 0 radical (unpaired) electrons. The predicted octanol–water partition coefficient (Wildman–Crippen LogP) is 1.80. The number of halogens is 1. The number of hydrogen-bond donors (Lipinski definition) is 2. The zero-order valence-corrected chi connectivity index (χ0v) is 10.0. The summed E-state index contributed by atoms with van der Waals surface area (Å²) in [5.74, 6) is -0.774. The van der Waals surface area contributed by atoms with Crippen LogP contribution in [-0.2, 0) is 4.79 Å². The maximum atomic E-state index is 13.1. The van der Waals surface area contributed by atoms with Crippen LogP contribution < -0.4 is 10.6 Å². The molecule has 5 heteroatoms. The van der Waals surface area contributed by atoms with Gasteiger partial charge in [-0.2, -0.15) is 5.26 Å². The minimum absolute atomic E-state index is 0.0568. The van der Waals surface area contributed by atoms with Crippen molar-refractivity contribution >= 4 is 11.6 Å². The number of benzene rings is 1. The molecule has 0 spiro atoms. The van der Waals surface area contributed by atoms with Crippen LogP contribution in [0.1, 0.15) is 12.5 Å². The molecule has 0 saturated carbocycles. The van der Waals surface area contributed by atoms with Crippen molar-refractivity contribution in [3.05, 3.63) is 42.2 Å². The number of anilines is 1. The Bertz CT molecular complexity index is 493. The SMILES string of the molecule is C=CCNC(=O)C(C)Nc1ccc(F)c(C#N)c1. The second kappa shape index (κ2) is 6.40. The first-order valence-corrected chi connectivity index (χ1v) is 5.43. The summed E-state index contributed by atoms with van der Waals surface area (Å²) in [4.78, 5) is 11.6. The van der Waals surface area contributed by atoms with Gasteiger partial charge in [0.25, 0.3) is 0 Å². The van der Waals surface area contributed by atoms with Gasteiger partial charge in [0.05, 0.1) is 5.56 Å². The van der Waals surface area contributed by atoms with Crippen molar-refractivity contribution in [2.45, 2.75) is 13.0 Å². The van der Waals surface area contributed by atoms with Crippen LogP contribution >= 0.6 is 0 Å². The summed E-state index contributed by atoms with van der Waals surface area (Å²) in [6, 6.07) is 5.30. The third-order valence-electron chi connectivity index (χ3n) is 2.28. The molecule has 1 amide bonds. The van der Waals surface area contributed by atoms with E-state index in [4.69, 9.17) is 5.26 Å². The third kappa shape index (κ3) is 3.59. The van der Waals surface area contributed by atoms with Crippen molar-refractivity contribution < 1.29 is 9.18 Å². The lowest BCUT2D eigenvalue weighted by Gasteiger charge is -2.14. The van der Waals surface area contributed by atoms with Crippen LogP contribution in [0.3, 0.4) is 0 Å². The van der Waals surface area contributed by atoms with Crippen molar-refractivity contribution in [3.63, 3.8) is 0 Å². The number of hydrogen-bond acceptors (Lipinski definition) is 3. The van der Waals surface area contributed by atoms with Gasteiger partial charge in [-0.15, -0.1) is 6.58 Å². The molecular formula is C13H14FN3O. The molecule has 1 aromatic rings. The molecule has 1 atom stereocenters. The fourth-order valence-electron chi connectivity index (χ4n) is 1.34. The fraction of sp³-hybridized carbons (Fsp3) is 0.231.